The lowest BCUT2D eigenvalue weighted by molar-refractivity contribution is 0.193. The van der Waals surface area contributed by atoms with E-state index in [-0.39, 0.29) is 17.7 Å². The molecule has 6 nitrogen and oxygen atoms in total. The van der Waals surface area contributed by atoms with Crippen LogP contribution in [0, 0.1) is 0 Å². The van der Waals surface area contributed by atoms with Gasteiger partial charge in [-0.15, -0.1) is 0 Å². The van der Waals surface area contributed by atoms with Gasteiger partial charge in [0, 0.05) is 18.8 Å². The van der Waals surface area contributed by atoms with Gasteiger partial charge in [-0.3, -0.25) is 0 Å². The van der Waals surface area contributed by atoms with E-state index in [2.05, 4.69) is 17.1 Å². The largest absolute Gasteiger partial charge is 0.381 e. The van der Waals surface area contributed by atoms with Crippen LogP contribution in [-0.2, 0) is 33.2 Å². The number of ether oxygens (including phenoxy) is 1. The first kappa shape index (κ1) is 15.8. The minimum Gasteiger partial charge on any atom is -0.381 e. The van der Waals surface area contributed by atoms with Crippen LogP contribution in [0.5, 0.6) is 0 Å². The van der Waals surface area contributed by atoms with Gasteiger partial charge in [0.25, 0.3) is 0 Å². The maximum Gasteiger partial charge on any atom is 0.156 e. The molecule has 1 aromatic heterocycles. The van der Waals surface area contributed by atoms with E-state index in [4.69, 9.17) is 9.84 Å². The summed E-state index contributed by atoms with van der Waals surface area (Å²) in [6, 6.07) is 8.49. The minimum atomic E-state index is -3.16. The number of nitrogens with zero attached hydrogens (tertiary/aromatic N) is 3. The molecule has 1 aliphatic heterocycles. The van der Waals surface area contributed by atoms with E-state index >= 15 is 0 Å². The summed E-state index contributed by atoms with van der Waals surface area (Å²) in [7, 11) is -3.16. The normalized spacial score (nSPS) is 21.3. The first-order valence-corrected chi connectivity index (χ1v) is 10.3. The highest BCUT2D eigenvalue weighted by atomic mass is 32.2. The molecule has 1 saturated heterocycles. The fraction of sp³-hybridized carbons (Fsp3) is 0.529. The SMILES string of the molecule is CS(=O)(=O)Cc1nc(C2CCOC2)nn1C1Cc2ccccc2C1. The molecule has 7 heteroatoms. The summed E-state index contributed by atoms with van der Waals surface area (Å²) >= 11 is 0. The highest BCUT2D eigenvalue weighted by Crippen LogP contribution is 2.32. The Morgan fingerprint density at radius 2 is 1.96 bits per heavy atom. The van der Waals surface area contributed by atoms with E-state index in [1.807, 2.05) is 16.8 Å². The average molecular weight is 347 g/mol. The van der Waals surface area contributed by atoms with Gasteiger partial charge in [-0.25, -0.2) is 18.1 Å². The van der Waals surface area contributed by atoms with Crippen molar-refractivity contribution in [2.24, 2.45) is 0 Å². The Balaban J connectivity index is 1.68. The molecule has 24 heavy (non-hydrogen) atoms. The van der Waals surface area contributed by atoms with Crippen LogP contribution in [-0.4, -0.2) is 42.7 Å². The number of fused-ring (bicyclic) bond motifs is 1. The van der Waals surface area contributed by atoms with Crippen molar-refractivity contribution in [3.8, 4) is 0 Å². The molecule has 0 amide bonds. The molecule has 1 atom stereocenters. The molecule has 2 heterocycles. The standard InChI is InChI=1S/C17H21N3O3S/c1-24(21,22)11-16-18-17(14-6-7-23-10-14)19-20(16)15-8-12-4-2-3-5-13(12)9-15/h2-5,14-15H,6-11H2,1H3. The predicted octanol–water partition coefficient (Wildman–Crippen LogP) is 1.67. The van der Waals surface area contributed by atoms with Crippen molar-refractivity contribution in [2.45, 2.75) is 37.0 Å². The Morgan fingerprint density at radius 3 is 2.54 bits per heavy atom. The minimum absolute atomic E-state index is 0.0690. The summed E-state index contributed by atoms with van der Waals surface area (Å²) in [5.41, 5.74) is 2.63. The molecule has 2 aromatic rings. The van der Waals surface area contributed by atoms with Crippen LogP contribution in [0.4, 0.5) is 0 Å². The van der Waals surface area contributed by atoms with Gasteiger partial charge in [0.15, 0.2) is 15.7 Å². The second kappa shape index (κ2) is 5.97. The third kappa shape index (κ3) is 3.10. The van der Waals surface area contributed by atoms with Gasteiger partial charge in [0.1, 0.15) is 11.6 Å². The molecule has 128 valence electrons. The van der Waals surface area contributed by atoms with Crippen LogP contribution in [0.3, 0.4) is 0 Å². The molecule has 1 fully saturated rings. The number of benzene rings is 1. The monoisotopic (exact) mass is 347 g/mol. The van der Waals surface area contributed by atoms with Crippen LogP contribution < -0.4 is 0 Å². The lowest BCUT2D eigenvalue weighted by atomic mass is 10.1. The quantitative estimate of drug-likeness (QED) is 0.841. The van der Waals surface area contributed by atoms with E-state index in [0.29, 0.717) is 12.4 Å². The van der Waals surface area contributed by atoms with E-state index in [0.717, 1.165) is 31.7 Å². The van der Waals surface area contributed by atoms with Crippen LogP contribution in [0.15, 0.2) is 24.3 Å². The van der Waals surface area contributed by atoms with E-state index in [9.17, 15) is 8.42 Å². The van der Waals surface area contributed by atoms with Gasteiger partial charge in [-0.05, 0) is 30.4 Å². The average Bonchev–Trinajstić information content (AvgIpc) is 3.24. The maximum atomic E-state index is 11.8. The molecule has 0 saturated carbocycles. The Labute approximate surface area is 141 Å². The molecule has 0 N–H and O–H groups in total. The molecular formula is C17H21N3O3S. The van der Waals surface area contributed by atoms with Crippen molar-refractivity contribution >= 4 is 9.84 Å². The van der Waals surface area contributed by atoms with Crippen LogP contribution >= 0.6 is 0 Å². The summed E-state index contributed by atoms with van der Waals surface area (Å²) in [6.07, 6.45) is 3.88. The third-order valence-electron chi connectivity index (χ3n) is 4.78. The van der Waals surface area contributed by atoms with Gasteiger partial charge >= 0.3 is 0 Å². The zero-order chi connectivity index (χ0) is 16.7. The molecule has 0 spiro atoms. The van der Waals surface area contributed by atoms with Gasteiger partial charge in [-0.1, -0.05) is 24.3 Å². The lowest BCUT2D eigenvalue weighted by Crippen LogP contribution is -2.17. The first-order chi connectivity index (χ1) is 11.5. The number of hydrogen-bond acceptors (Lipinski definition) is 5. The highest BCUT2D eigenvalue weighted by Gasteiger charge is 2.30. The molecule has 1 aliphatic carbocycles. The van der Waals surface area contributed by atoms with Crippen LogP contribution in [0.25, 0.3) is 0 Å². The highest BCUT2D eigenvalue weighted by molar-refractivity contribution is 7.89. The van der Waals surface area contributed by atoms with E-state index in [1.54, 1.807) is 0 Å². The Morgan fingerprint density at radius 1 is 1.25 bits per heavy atom. The predicted molar refractivity (Wildman–Crippen MR) is 89.6 cm³/mol. The number of sulfone groups is 1. The summed E-state index contributed by atoms with van der Waals surface area (Å²) < 4.78 is 30.9. The smallest absolute Gasteiger partial charge is 0.156 e. The molecule has 2 aliphatic rings. The van der Waals surface area contributed by atoms with E-state index < -0.39 is 9.84 Å². The van der Waals surface area contributed by atoms with Crippen molar-refractivity contribution in [3.63, 3.8) is 0 Å². The Hall–Kier alpha value is -1.73. The topological polar surface area (TPSA) is 74.1 Å². The van der Waals surface area contributed by atoms with Gasteiger partial charge in [0.05, 0.1) is 12.6 Å². The van der Waals surface area contributed by atoms with Gasteiger partial charge in [-0.2, -0.15) is 5.10 Å². The molecule has 4 rings (SSSR count). The lowest BCUT2D eigenvalue weighted by Gasteiger charge is -2.12. The second-order valence-electron chi connectivity index (χ2n) is 6.79. The first-order valence-electron chi connectivity index (χ1n) is 8.27. The Bertz CT molecular complexity index is 829. The third-order valence-corrected chi connectivity index (χ3v) is 5.56. The molecule has 0 bridgehead atoms. The molecule has 0 radical (unpaired) electrons. The fourth-order valence-corrected chi connectivity index (χ4v) is 4.28. The van der Waals surface area contributed by atoms with Crippen molar-refractivity contribution in [3.05, 3.63) is 47.0 Å². The molecule has 1 unspecified atom stereocenters. The van der Waals surface area contributed by atoms with Crippen molar-refractivity contribution in [2.75, 3.05) is 19.5 Å². The van der Waals surface area contributed by atoms with Crippen molar-refractivity contribution in [1.29, 1.82) is 0 Å². The summed E-state index contributed by atoms with van der Waals surface area (Å²) in [5, 5.41) is 4.70. The van der Waals surface area contributed by atoms with Crippen LogP contribution in [0.2, 0.25) is 0 Å². The number of rotatable bonds is 4. The van der Waals surface area contributed by atoms with Crippen molar-refractivity contribution < 1.29 is 13.2 Å². The summed E-state index contributed by atoms with van der Waals surface area (Å²) in [4.78, 5) is 4.58. The summed E-state index contributed by atoms with van der Waals surface area (Å²) in [5.74, 6) is 1.38. The van der Waals surface area contributed by atoms with Gasteiger partial charge in [0.2, 0.25) is 0 Å². The van der Waals surface area contributed by atoms with E-state index in [1.165, 1.54) is 17.4 Å². The Kier molecular flexibility index (Phi) is 3.92. The van der Waals surface area contributed by atoms with Crippen LogP contribution in [0.1, 0.15) is 41.2 Å². The van der Waals surface area contributed by atoms with Crippen molar-refractivity contribution in [1.82, 2.24) is 14.8 Å². The van der Waals surface area contributed by atoms with Gasteiger partial charge < -0.3 is 4.74 Å². The second-order valence-corrected chi connectivity index (χ2v) is 8.93. The maximum absolute atomic E-state index is 11.8. The zero-order valence-corrected chi connectivity index (χ0v) is 14.5. The fourth-order valence-electron chi connectivity index (χ4n) is 3.62. The number of aromatic nitrogens is 3. The number of hydrogen-bond donors (Lipinski definition) is 0. The summed E-state index contributed by atoms with van der Waals surface area (Å²) in [6.45, 7) is 1.34. The molecular weight excluding hydrogens is 326 g/mol. The molecule has 1 aromatic carbocycles. The zero-order valence-electron chi connectivity index (χ0n) is 13.7.